The molecule has 0 bridgehead atoms. The lowest BCUT2D eigenvalue weighted by atomic mass is 9.87. The number of rotatable bonds is 7. The van der Waals surface area contributed by atoms with E-state index in [9.17, 15) is 13.2 Å². The van der Waals surface area contributed by atoms with Crippen LogP contribution >= 0.6 is 0 Å². The Morgan fingerprint density at radius 2 is 1.90 bits per heavy atom. The van der Waals surface area contributed by atoms with Crippen molar-refractivity contribution in [1.82, 2.24) is 5.32 Å². The molecule has 2 aromatic carbocycles. The maximum absolute atomic E-state index is 13.1. The summed E-state index contributed by atoms with van der Waals surface area (Å²) in [6.07, 6.45) is 3.84. The number of fused-ring (bicyclic) bond motifs is 1. The molecule has 8 heteroatoms. The number of nitrogens with one attached hydrogen (secondary N) is 1. The van der Waals surface area contributed by atoms with Gasteiger partial charge in [-0.05, 0) is 49.4 Å². The van der Waals surface area contributed by atoms with Crippen molar-refractivity contribution < 1.29 is 22.7 Å². The first kappa shape index (κ1) is 22.0. The van der Waals surface area contributed by atoms with Crippen LogP contribution in [0.15, 0.2) is 42.5 Å². The lowest BCUT2D eigenvalue weighted by Crippen LogP contribution is -2.49. The van der Waals surface area contributed by atoms with Crippen LogP contribution in [0.25, 0.3) is 0 Å². The van der Waals surface area contributed by atoms with E-state index >= 15 is 0 Å². The highest BCUT2D eigenvalue weighted by atomic mass is 32.2. The van der Waals surface area contributed by atoms with Gasteiger partial charge in [-0.3, -0.25) is 9.10 Å². The molecule has 2 aromatic rings. The Hall–Kier alpha value is -2.74. The highest BCUT2D eigenvalue weighted by molar-refractivity contribution is 7.92. The van der Waals surface area contributed by atoms with Crippen LogP contribution in [0.4, 0.5) is 5.69 Å². The van der Waals surface area contributed by atoms with Crippen LogP contribution in [-0.2, 0) is 21.2 Å². The molecule has 3 rings (SSSR count). The lowest BCUT2D eigenvalue weighted by Gasteiger charge is -2.32. The van der Waals surface area contributed by atoms with E-state index < -0.39 is 16.1 Å². The zero-order valence-electron chi connectivity index (χ0n) is 17.7. The Labute approximate surface area is 178 Å². The molecule has 0 saturated heterocycles. The van der Waals surface area contributed by atoms with E-state index in [0.717, 1.165) is 35.4 Å². The minimum absolute atomic E-state index is 0.140. The van der Waals surface area contributed by atoms with Gasteiger partial charge < -0.3 is 14.8 Å². The third-order valence-corrected chi connectivity index (χ3v) is 6.63. The Morgan fingerprint density at radius 1 is 1.17 bits per heavy atom. The largest absolute Gasteiger partial charge is 0.497 e. The number of carbonyl (C=O) groups is 1. The minimum Gasteiger partial charge on any atom is -0.497 e. The van der Waals surface area contributed by atoms with Crippen molar-refractivity contribution >= 4 is 21.6 Å². The lowest BCUT2D eigenvalue weighted by molar-refractivity contribution is -0.122. The SMILES string of the molecule is COc1ccc(OC)c(N([C@@H](C)C(=O)N[C@@H]2CCCc3ccccc32)S(C)(=O)=O)c1. The van der Waals surface area contributed by atoms with E-state index in [-0.39, 0.29) is 17.6 Å². The van der Waals surface area contributed by atoms with Crippen molar-refractivity contribution in [2.75, 3.05) is 24.8 Å². The van der Waals surface area contributed by atoms with Gasteiger partial charge >= 0.3 is 0 Å². The Bertz CT molecular complexity index is 1020. The second-order valence-corrected chi connectivity index (χ2v) is 9.28. The zero-order chi connectivity index (χ0) is 21.9. The molecular formula is C22H28N2O5S. The van der Waals surface area contributed by atoms with E-state index in [0.29, 0.717) is 11.5 Å². The van der Waals surface area contributed by atoms with Gasteiger partial charge in [0.2, 0.25) is 15.9 Å². The van der Waals surface area contributed by atoms with E-state index in [4.69, 9.17) is 9.47 Å². The Balaban J connectivity index is 1.92. The third kappa shape index (κ3) is 4.53. The normalized spacial score (nSPS) is 16.9. The molecule has 1 N–H and O–H groups in total. The summed E-state index contributed by atoms with van der Waals surface area (Å²) in [4.78, 5) is 13.1. The van der Waals surface area contributed by atoms with Gasteiger partial charge in [-0.2, -0.15) is 0 Å². The number of benzene rings is 2. The summed E-state index contributed by atoms with van der Waals surface area (Å²) >= 11 is 0. The molecule has 2 atom stereocenters. The summed E-state index contributed by atoms with van der Waals surface area (Å²) in [6, 6.07) is 11.8. The molecule has 0 spiro atoms. The van der Waals surface area contributed by atoms with Crippen LogP contribution in [-0.4, -0.2) is 40.8 Å². The summed E-state index contributed by atoms with van der Waals surface area (Å²) in [5.41, 5.74) is 2.57. The number of aryl methyl sites for hydroxylation is 1. The number of methoxy groups -OCH3 is 2. The molecule has 0 aromatic heterocycles. The number of nitrogens with zero attached hydrogens (tertiary/aromatic N) is 1. The first-order valence-corrected chi connectivity index (χ1v) is 11.7. The van der Waals surface area contributed by atoms with E-state index in [1.54, 1.807) is 25.1 Å². The van der Waals surface area contributed by atoms with E-state index in [1.165, 1.54) is 19.8 Å². The Morgan fingerprint density at radius 3 is 2.57 bits per heavy atom. The zero-order valence-corrected chi connectivity index (χ0v) is 18.5. The van der Waals surface area contributed by atoms with Gasteiger partial charge in [0, 0.05) is 6.07 Å². The summed E-state index contributed by atoms with van der Waals surface area (Å²) in [6.45, 7) is 1.57. The highest BCUT2D eigenvalue weighted by Crippen LogP contribution is 2.35. The summed E-state index contributed by atoms with van der Waals surface area (Å²) in [5, 5.41) is 3.05. The number of carbonyl (C=O) groups excluding carboxylic acids is 1. The number of ether oxygens (including phenoxy) is 2. The molecule has 0 unspecified atom stereocenters. The van der Waals surface area contributed by atoms with Crippen molar-refractivity contribution in [1.29, 1.82) is 0 Å². The number of hydrogen-bond donors (Lipinski definition) is 1. The van der Waals surface area contributed by atoms with Gasteiger partial charge in [-0.25, -0.2) is 8.42 Å². The number of anilines is 1. The van der Waals surface area contributed by atoms with Gasteiger partial charge in [0.25, 0.3) is 0 Å². The number of sulfonamides is 1. The molecule has 1 aliphatic rings. The average Bonchev–Trinajstić information content (AvgIpc) is 2.73. The van der Waals surface area contributed by atoms with Crippen LogP contribution in [0.5, 0.6) is 11.5 Å². The van der Waals surface area contributed by atoms with Crippen LogP contribution in [0.2, 0.25) is 0 Å². The van der Waals surface area contributed by atoms with E-state index in [2.05, 4.69) is 11.4 Å². The van der Waals surface area contributed by atoms with Gasteiger partial charge in [-0.1, -0.05) is 24.3 Å². The molecule has 30 heavy (non-hydrogen) atoms. The second-order valence-electron chi connectivity index (χ2n) is 7.42. The van der Waals surface area contributed by atoms with Gasteiger partial charge in [0.1, 0.15) is 17.5 Å². The van der Waals surface area contributed by atoms with Crippen molar-refractivity contribution in [2.24, 2.45) is 0 Å². The molecule has 0 heterocycles. The summed E-state index contributed by atoms with van der Waals surface area (Å²) in [5.74, 6) is 0.434. The summed E-state index contributed by atoms with van der Waals surface area (Å²) in [7, 11) is -0.837. The Kier molecular flexibility index (Phi) is 6.55. The highest BCUT2D eigenvalue weighted by Gasteiger charge is 2.33. The minimum atomic E-state index is -3.78. The van der Waals surface area contributed by atoms with Crippen molar-refractivity contribution in [3.63, 3.8) is 0 Å². The fraction of sp³-hybridized carbons (Fsp3) is 0.409. The van der Waals surface area contributed by atoms with Crippen molar-refractivity contribution in [2.45, 2.75) is 38.3 Å². The molecule has 0 fully saturated rings. The molecule has 1 amide bonds. The smallest absolute Gasteiger partial charge is 0.244 e. The molecular weight excluding hydrogens is 404 g/mol. The van der Waals surface area contributed by atoms with Crippen molar-refractivity contribution in [3.8, 4) is 11.5 Å². The third-order valence-electron chi connectivity index (χ3n) is 5.40. The van der Waals surface area contributed by atoms with Crippen LogP contribution in [0.3, 0.4) is 0 Å². The van der Waals surface area contributed by atoms with Crippen LogP contribution < -0.4 is 19.1 Å². The number of hydrogen-bond acceptors (Lipinski definition) is 5. The number of amides is 1. The standard InChI is InChI=1S/C22H28N2O5S/c1-15(22(25)23-19-11-7-9-16-8-5-6-10-18(16)19)24(30(4,26)27)20-14-17(28-2)12-13-21(20)29-3/h5-6,8,10,12-15,19H,7,9,11H2,1-4H3,(H,23,25)/t15-,19+/m0/s1. The van der Waals surface area contributed by atoms with Gasteiger partial charge in [0.05, 0.1) is 32.2 Å². The maximum atomic E-state index is 13.1. The van der Waals surface area contributed by atoms with Crippen LogP contribution in [0, 0.1) is 0 Å². The predicted molar refractivity (Wildman–Crippen MR) is 117 cm³/mol. The first-order valence-electron chi connectivity index (χ1n) is 9.86. The fourth-order valence-electron chi connectivity index (χ4n) is 3.95. The molecule has 1 aliphatic carbocycles. The van der Waals surface area contributed by atoms with E-state index in [1.807, 2.05) is 18.2 Å². The average molecular weight is 433 g/mol. The molecule has 0 aliphatic heterocycles. The quantitative estimate of drug-likeness (QED) is 0.727. The first-order chi connectivity index (χ1) is 14.3. The monoisotopic (exact) mass is 432 g/mol. The molecule has 162 valence electrons. The molecule has 0 saturated carbocycles. The molecule has 0 radical (unpaired) electrons. The van der Waals surface area contributed by atoms with Crippen LogP contribution in [0.1, 0.15) is 36.9 Å². The predicted octanol–water partition coefficient (Wildman–Crippen LogP) is 3.05. The molecule has 7 nitrogen and oxygen atoms in total. The topological polar surface area (TPSA) is 84.9 Å². The van der Waals surface area contributed by atoms with Gasteiger partial charge in [0.15, 0.2) is 0 Å². The maximum Gasteiger partial charge on any atom is 0.244 e. The van der Waals surface area contributed by atoms with Crippen molar-refractivity contribution in [3.05, 3.63) is 53.6 Å². The fourth-order valence-corrected chi connectivity index (χ4v) is 5.12. The van der Waals surface area contributed by atoms with Gasteiger partial charge in [-0.15, -0.1) is 0 Å². The summed E-state index contributed by atoms with van der Waals surface area (Å²) < 4.78 is 37.0. The second kappa shape index (κ2) is 8.95.